The van der Waals surface area contributed by atoms with Gasteiger partial charge in [-0.05, 0) is 18.2 Å². The number of fused-ring (bicyclic) bond motifs is 1. The SMILES string of the molecule is O=C(O)C1=Nc2ccccc2/C1=C1/C=CC=CN1O. The summed E-state index contributed by atoms with van der Waals surface area (Å²) in [7, 11) is 0. The van der Waals surface area contributed by atoms with Crippen LogP contribution >= 0.6 is 0 Å². The van der Waals surface area contributed by atoms with Crippen LogP contribution < -0.4 is 0 Å². The van der Waals surface area contributed by atoms with Gasteiger partial charge in [-0.3, -0.25) is 5.21 Å². The van der Waals surface area contributed by atoms with Crippen LogP contribution in [0, 0.1) is 0 Å². The number of carbonyl (C=O) groups is 1. The maximum Gasteiger partial charge on any atom is 0.355 e. The van der Waals surface area contributed by atoms with Crippen LogP contribution in [0.15, 0.2) is 59.4 Å². The van der Waals surface area contributed by atoms with E-state index in [0.717, 1.165) is 5.06 Å². The Bertz CT molecular complexity index is 684. The maximum absolute atomic E-state index is 11.3. The first-order valence-corrected chi connectivity index (χ1v) is 5.67. The summed E-state index contributed by atoms with van der Waals surface area (Å²) in [6.07, 6.45) is 6.48. The van der Waals surface area contributed by atoms with E-state index in [2.05, 4.69) is 4.99 Å². The number of hydroxylamine groups is 2. The van der Waals surface area contributed by atoms with E-state index in [-0.39, 0.29) is 5.71 Å². The molecular formula is C14H10N2O3. The molecule has 5 nitrogen and oxygen atoms in total. The molecule has 19 heavy (non-hydrogen) atoms. The van der Waals surface area contributed by atoms with Gasteiger partial charge in [-0.25, -0.2) is 14.9 Å². The lowest BCUT2D eigenvalue weighted by Gasteiger charge is -2.18. The van der Waals surface area contributed by atoms with Gasteiger partial charge >= 0.3 is 5.97 Å². The van der Waals surface area contributed by atoms with Crippen LogP contribution in [-0.2, 0) is 4.79 Å². The van der Waals surface area contributed by atoms with E-state index < -0.39 is 5.97 Å². The summed E-state index contributed by atoms with van der Waals surface area (Å²) in [6, 6.07) is 7.14. The summed E-state index contributed by atoms with van der Waals surface area (Å²) in [5.74, 6) is -1.12. The molecule has 0 aliphatic carbocycles. The number of hydrogen-bond acceptors (Lipinski definition) is 4. The van der Waals surface area contributed by atoms with Gasteiger partial charge in [-0.15, -0.1) is 0 Å². The highest BCUT2D eigenvalue weighted by Crippen LogP contribution is 2.37. The van der Waals surface area contributed by atoms with Gasteiger partial charge in [0.25, 0.3) is 0 Å². The second kappa shape index (κ2) is 4.22. The van der Waals surface area contributed by atoms with Gasteiger partial charge in [-0.1, -0.05) is 24.3 Å². The molecule has 0 saturated carbocycles. The monoisotopic (exact) mass is 254 g/mol. The summed E-state index contributed by atoms with van der Waals surface area (Å²) in [6.45, 7) is 0. The number of aliphatic imine (C=N–C) groups is 1. The number of rotatable bonds is 1. The molecule has 2 N–H and O–H groups in total. The minimum atomic E-state index is -1.12. The van der Waals surface area contributed by atoms with Crippen LogP contribution in [0.1, 0.15) is 5.56 Å². The average molecular weight is 254 g/mol. The summed E-state index contributed by atoms with van der Waals surface area (Å²) in [5, 5.41) is 20.0. The molecule has 0 saturated heterocycles. The summed E-state index contributed by atoms with van der Waals surface area (Å²) in [5.41, 5.74) is 2.06. The molecule has 2 heterocycles. The van der Waals surface area contributed by atoms with Gasteiger partial charge in [0.15, 0.2) is 5.71 Å². The quantitative estimate of drug-likeness (QED) is 0.806. The van der Waals surface area contributed by atoms with Crippen molar-refractivity contribution < 1.29 is 15.1 Å². The fourth-order valence-corrected chi connectivity index (χ4v) is 2.13. The van der Waals surface area contributed by atoms with Crippen molar-refractivity contribution in [1.82, 2.24) is 5.06 Å². The van der Waals surface area contributed by atoms with Crippen molar-refractivity contribution in [1.29, 1.82) is 0 Å². The molecule has 1 aromatic rings. The van der Waals surface area contributed by atoms with Gasteiger partial charge in [0.2, 0.25) is 0 Å². The molecule has 5 heteroatoms. The zero-order valence-electron chi connectivity index (χ0n) is 9.82. The molecule has 2 aliphatic heterocycles. The molecule has 0 radical (unpaired) electrons. The topological polar surface area (TPSA) is 73.1 Å². The number of allylic oxidation sites excluding steroid dienone is 3. The number of nitrogens with zero attached hydrogens (tertiary/aromatic N) is 2. The summed E-state index contributed by atoms with van der Waals surface area (Å²) >= 11 is 0. The lowest BCUT2D eigenvalue weighted by Crippen LogP contribution is -2.19. The molecule has 3 rings (SSSR count). The molecule has 0 bridgehead atoms. The van der Waals surface area contributed by atoms with Crippen molar-refractivity contribution in [2.45, 2.75) is 0 Å². The third-order valence-corrected chi connectivity index (χ3v) is 2.94. The van der Waals surface area contributed by atoms with Gasteiger partial charge in [0.1, 0.15) is 0 Å². The second-order valence-corrected chi connectivity index (χ2v) is 4.09. The molecule has 0 spiro atoms. The van der Waals surface area contributed by atoms with Crippen molar-refractivity contribution >= 4 is 22.9 Å². The van der Waals surface area contributed by atoms with Gasteiger partial charge in [0, 0.05) is 17.3 Å². The van der Waals surface area contributed by atoms with Gasteiger partial charge in [-0.2, -0.15) is 0 Å². The molecule has 2 aliphatic rings. The highest BCUT2D eigenvalue weighted by Gasteiger charge is 2.29. The van der Waals surface area contributed by atoms with Crippen molar-refractivity contribution in [3.05, 3.63) is 60.0 Å². The Morgan fingerprint density at radius 3 is 2.74 bits per heavy atom. The van der Waals surface area contributed by atoms with E-state index in [1.807, 2.05) is 6.07 Å². The third-order valence-electron chi connectivity index (χ3n) is 2.94. The minimum Gasteiger partial charge on any atom is -0.476 e. The molecule has 1 aromatic carbocycles. The predicted molar refractivity (Wildman–Crippen MR) is 70.0 cm³/mol. The Balaban J connectivity index is 2.26. The fourth-order valence-electron chi connectivity index (χ4n) is 2.13. The normalized spacial score (nSPS) is 20.5. The standard InChI is InChI=1S/C14H10N2O3/c17-14(18)13-12(11-7-3-4-8-16(11)19)9-5-1-2-6-10(9)15-13/h1-8,19H,(H,17,18)/b12-11+. The van der Waals surface area contributed by atoms with Crippen molar-refractivity contribution in [2.24, 2.45) is 4.99 Å². The minimum absolute atomic E-state index is 0.0600. The molecule has 0 amide bonds. The zero-order valence-corrected chi connectivity index (χ0v) is 9.82. The van der Waals surface area contributed by atoms with E-state index in [0.29, 0.717) is 22.5 Å². The van der Waals surface area contributed by atoms with E-state index in [1.54, 1.807) is 36.4 Å². The number of benzene rings is 1. The Morgan fingerprint density at radius 1 is 1.21 bits per heavy atom. The lowest BCUT2D eigenvalue weighted by atomic mass is 9.99. The van der Waals surface area contributed by atoms with Crippen LogP contribution in [0.2, 0.25) is 0 Å². The van der Waals surface area contributed by atoms with Crippen LogP contribution in [0.25, 0.3) is 5.57 Å². The van der Waals surface area contributed by atoms with Crippen molar-refractivity contribution in [2.75, 3.05) is 0 Å². The second-order valence-electron chi connectivity index (χ2n) is 4.09. The zero-order chi connectivity index (χ0) is 13.4. The van der Waals surface area contributed by atoms with Gasteiger partial charge < -0.3 is 5.11 Å². The number of para-hydroxylation sites is 1. The van der Waals surface area contributed by atoms with Crippen LogP contribution in [0.4, 0.5) is 5.69 Å². The number of carboxylic acids is 1. The lowest BCUT2D eigenvalue weighted by molar-refractivity contribution is -0.129. The Labute approximate surface area is 109 Å². The van der Waals surface area contributed by atoms with Crippen molar-refractivity contribution in [3.8, 4) is 0 Å². The maximum atomic E-state index is 11.3. The molecule has 0 aromatic heterocycles. The van der Waals surface area contributed by atoms with E-state index in [9.17, 15) is 15.1 Å². The van der Waals surface area contributed by atoms with E-state index >= 15 is 0 Å². The van der Waals surface area contributed by atoms with Crippen LogP contribution in [-0.4, -0.2) is 27.1 Å². The highest BCUT2D eigenvalue weighted by atomic mass is 16.5. The fraction of sp³-hybridized carbons (Fsp3) is 0. The van der Waals surface area contributed by atoms with E-state index in [1.165, 1.54) is 6.20 Å². The molecule has 0 fully saturated rings. The van der Waals surface area contributed by atoms with Gasteiger partial charge in [0.05, 0.1) is 11.4 Å². The first-order valence-electron chi connectivity index (χ1n) is 5.67. The first kappa shape index (κ1) is 11.4. The Morgan fingerprint density at radius 2 is 2.00 bits per heavy atom. The number of aliphatic carboxylic acids is 1. The predicted octanol–water partition coefficient (Wildman–Crippen LogP) is 2.34. The third kappa shape index (κ3) is 1.76. The summed E-state index contributed by atoms with van der Waals surface area (Å²) < 4.78 is 0. The Hall–Kier alpha value is -2.66. The molecular weight excluding hydrogens is 244 g/mol. The number of hydrogen-bond donors (Lipinski definition) is 2. The highest BCUT2D eigenvalue weighted by molar-refractivity contribution is 6.56. The smallest absolute Gasteiger partial charge is 0.355 e. The van der Waals surface area contributed by atoms with Crippen LogP contribution in [0.3, 0.4) is 0 Å². The molecule has 0 unspecified atom stereocenters. The average Bonchev–Trinajstić information content (AvgIpc) is 2.79. The Kier molecular flexibility index (Phi) is 2.54. The molecule has 0 atom stereocenters. The van der Waals surface area contributed by atoms with Crippen molar-refractivity contribution in [3.63, 3.8) is 0 Å². The largest absolute Gasteiger partial charge is 0.476 e. The molecule has 94 valence electrons. The van der Waals surface area contributed by atoms with Crippen LogP contribution in [0.5, 0.6) is 0 Å². The summed E-state index contributed by atoms with van der Waals surface area (Å²) in [4.78, 5) is 15.4. The van der Waals surface area contributed by atoms with E-state index in [4.69, 9.17) is 0 Å². The first-order chi connectivity index (χ1) is 9.18. The number of carboxylic acid groups (broad SMARTS) is 1.